The van der Waals surface area contributed by atoms with Crippen LogP contribution < -0.4 is 5.32 Å². The van der Waals surface area contributed by atoms with Crippen LogP contribution in [0.5, 0.6) is 0 Å². The minimum Gasteiger partial charge on any atom is -0.449 e. The zero-order chi connectivity index (χ0) is 23.0. The molecule has 1 saturated carbocycles. The molecule has 1 heterocycles. The van der Waals surface area contributed by atoms with Crippen LogP contribution in [-0.2, 0) is 19.6 Å². The van der Waals surface area contributed by atoms with Crippen LogP contribution in [-0.4, -0.2) is 49.8 Å². The number of hydrogen-bond donors (Lipinski definition) is 1. The van der Waals surface area contributed by atoms with Gasteiger partial charge in [-0.05, 0) is 61.6 Å². The van der Waals surface area contributed by atoms with Crippen molar-refractivity contribution < 1.29 is 22.7 Å². The van der Waals surface area contributed by atoms with Crippen LogP contribution in [0, 0.1) is 10.8 Å². The van der Waals surface area contributed by atoms with Gasteiger partial charge in [-0.2, -0.15) is 4.31 Å². The van der Waals surface area contributed by atoms with Crippen LogP contribution in [0.1, 0.15) is 70.7 Å². The molecule has 1 aromatic carbocycles. The largest absolute Gasteiger partial charge is 0.449 e. The van der Waals surface area contributed by atoms with E-state index in [-0.39, 0.29) is 33.2 Å². The Morgan fingerprint density at radius 2 is 1.97 bits per heavy atom. The normalized spacial score (nSPS) is 26.3. The van der Waals surface area contributed by atoms with Gasteiger partial charge >= 0.3 is 5.97 Å². The fraction of sp³-hybridized carbons (Fsp3) is 0.652. The van der Waals surface area contributed by atoms with E-state index >= 15 is 0 Å². The zero-order valence-electron chi connectivity index (χ0n) is 19.1. The lowest BCUT2D eigenvalue weighted by Gasteiger charge is -2.39. The van der Waals surface area contributed by atoms with Crippen molar-refractivity contribution in [2.45, 2.75) is 77.3 Å². The quantitative estimate of drug-likeness (QED) is 0.643. The molecule has 1 aliphatic heterocycles. The van der Waals surface area contributed by atoms with Crippen LogP contribution in [0.25, 0.3) is 0 Å². The number of hydrogen-bond acceptors (Lipinski definition) is 5. The number of amides is 1. The summed E-state index contributed by atoms with van der Waals surface area (Å²) < 4.78 is 33.8. The molecule has 7 nitrogen and oxygen atoms in total. The van der Waals surface area contributed by atoms with Crippen molar-refractivity contribution in [3.05, 3.63) is 29.8 Å². The van der Waals surface area contributed by atoms with Crippen LogP contribution in [0.2, 0.25) is 0 Å². The highest BCUT2D eigenvalue weighted by Crippen LogP contribution is 2.53. The maximum Gasteiger partial charge on any atom is 0.338 e. The second-order valence-corrected chi connectivity index (χ2v) is 12.0. The molecule has 0 radical (unpaired) electrons. The van der Waals surface area contributed by atoms with E-state index in [1.807, 2.05) is 6.92 Å². The third-order valence-electron chi connectivity index (χ3n) is 6.25. The Labute approximate surface area is 185 Å². The summed E-state index contributed by atoms with van der Waals surface area (Å²) in [5.41, 5.74) is 0.185. The van der Waals surface area contributed by atoms with E-state index in [1.54, 1.807) is 10.4 Å². The highest BCUT2D eigenvalue weighted by molar-refractivity contribution is 7.89. The molecule has 1 N–H and O–H groups in total. The maximum atomic E-state index is 13.5. The monoisotopic (exact) mass is 450 g/mol. The number of fused-ring (bicyclic) bond motifs is 2. The SMILES string of the molecule is CCCNC(=O)C(C)OC(=O)c1cccc(S(=O)(=O)N2CC3(C)CC2CC(C)(C)C3)c1. The van der Waals surface area contributed by atoms with Crippen molar-refractivity contribution in [1.29, 1.82) is 0 Å². The Bertz CT molecular complexity index is 958. The van der Waals surface area contributed by atoms with E-state index in [0.29, 0.717) is 13.1 Å². The van der Waals surface area contributed by atoms with Crippen molar-refractivity contribution in [3.8, 4) is 0 Å². The van der Waals surface area contributed by atoms with Gasteiger partial charge in [-0.1, -0.05) is 33.8 Å². The van der Waals surface area contributed by atoms with Gasteiger partial charge in [0.25, 0.3) is 5.91 Å². The highest BCUT2D eigenvalue weighted by atomic mass is 32.2. The molecule has 3 unspecified atom stereocenters. The lowest BCUT2D eigenvalue weighted by Crippen LogP contribution is -2.37. The first kappa shape index (κ1) is 23.7. The van der Waals surface area contributed by atoms with E-state index in [1.165, 1.54) is 25.1 Å². The Kier molecular flexibility index (Phi) is 6.54. The summed E-state index contributed by atoms with van der Waals surface area (Å²) in [6.45, 7) is 11.0. The predicted octanol–water partition coefficient (Wildman–Crippen LogP) is 3.35. The third-order valence-corrected chi connectivity index (χ3v) is 8.14. The molecule has 1 aliphatic carbocycles. The summed E-state index contributed by atoms with van der Waals surface area (Å²) in [7, 11) is -3.75. The number of nitrogens with zero attached hydrogens (tertiary/aromatic N) is 1. The third kappa shape index (κ3) is 5.12. The van der Waals surface area contributed by atoms with Gasteiger partial charge in [0.1, 0.15) is 0 Å². The van der Waals surface area contributed by atoms with Gasteiger partial charge < -0.3 is 10.1 Å². The lowest BCUT2D eigenvalue weighted by atomic mass is 9.65. The molecule has 2 bridgehead atoms. The number of sulfonamides is 1. The molecule has 1 aromatic rings. The maximum absolute atomic E-state index is 13.5. The summed E-state index contributed by atoms with van der Waals surface area (Å²) in [5.74, 6) is -1.09. The average Bonchev–Trinajstić information content (AvgIpc) is 2.95. The Hall–Kier alpha value is -1.93. The summed E-state index contributed by atoms with van der Waals surface area (Å²) >= 11 is 0. The van der Waals surface area contributed by atoms with Gasteiger partial charge in [0.05, 0.1) is 10.5 Å². The number of carbonyl (C=O) groups excluding carboxylic acids is 2. The molecule has 8 heteroatoms. The van der Waals surface area contributed by atoms with E-state index in [9.17, 15) is 18.0 Å². The number of nitrogens with one attached hydrogen (secondary N) is 1. The minimum atomic E-state index is -3.75. The number of benzene rings is 1. The molecular weight excluding hydrogens is 416 g/mol. The molecule has 1 amide bonds. The Balaban J connectivity index is 1.78. The zero-order valence-corrected chi connectivity index (χ0v) is 19.9. The van der Waals surface area contributed by atoms with Crippen LogP contribution in [0.4, 0.5) is 0 Å². The molecule has 2 aliphatic rings. The van der Waals surface area contributed by atoms with Gasteiger partial charge in [0, 0.05) is 19.1 Å². The van der Waals surface area contributed by atoms with Gasteiger partial charge in [-0.15, -0.1) is 0 Å². The molecule has 31 heavy (non-hydrogen) atoms. The van der Waals surface area contributed by atoms with E-state index in [4.69, 9.17) is 4.74 Å². The summed E-state index contributed by atoms with van der Waals surface area (Å²) in [5, 5.41) is 2.67. The van der Waals surface area contributed by atoms with Gasteiger partial charge in [-0.25, -0.2) is 13.2 Å². The van der Waals surface area contributed by atoms with E-state index in [0.717, 1.165) is 25.7 Å². The van der Waals surface area contributed by atoms with E-state index < -0.39 is 22.1 Å². The standard InChI is InChI=1S/C23H34N2O5S/c1-6-10-24-20(26)16(2)30-21(27)17-8-7-9-19(11-17)31(28,29)25-15-23(5)13-18(25)12-22(3,4)14-23/h7-9,11,16,18H,6,10,12-15H2,1-5H3,(H,24,26). The minimum absolute atomic E-state index is 0.0304. The predicted molar refractivity (Wildman–Crippen MR) is 118 cm³/mol. The number of ether oxygens (including phenoxy) is 1. The fourth-order valence-electron chi connectivity index (χ4n) is 5.28. The first-order valence-corrected chi connectivity index (χ1v) is 12.4. The average molecular weight is 451 g/mol. The Morgan fingerprint density at radius 3 is 2.65 bits per heavy atom. The van der Waals surface area contributed by atoms with E-state index in [2.05, 4.69) is 26.1 Å². The van der Waals surface area contributed by atoms with Crippen molar-refractivity contribution in [3.63, 3.8) is 0 Å². The second kappa shape index (κ2) is 8.54. The molecule has 1 saturated heterocycles. The van der Waals surface area contributed by atoms with Gasteiger partial charge in [-0.3, -0.25) is 4.79 Å². The molecule has 3 rings (SSSR count). The fourth-order valence-corrected chi connectivity index (χ4v) is 7.10. The summed E-state index contributed by atoms with van der Waals surface area (Å²) in [6, 6.07) is 5.88. The van der Waals surface area contributed by atoms with Gasteiger partial charge in [0.15, 0.2) is 6.10 Å². The second-order valence-electron chi connectivity index (χ2n) is 10.1. The molecule has 3 atom stereocenters. The highest BCUT2D eigenvalue weighted by Gasteiger charge is 2.53. The molecule has 172 valence electrons. The van der Waals surface area contributed by atoms with Crippen molar-refractivity contribution in [2.24, 2.45) is 10.8 Å². The number of esters is 1. The van der Waals surface area contributed by atoms with Crippen LogP contribution in [0.3, 0.4) is 0 Å². The lowest BCUT2D eigenvalue weighted by molar-refractivity contribution is -0.129. The Morgan fingerprint density at radius 1 is 1.26 bits per heavy atom. The number of carbonyl (C=O) groups is 2. The van der Waals surface area contributed by atoms with Crippen molar-refractivity contribution >= 4 is 21.9 Å². The topological polar surface area (TPSA) is 92.8 Å². The smallest absolute Gasteiger partial charge is 0.338 e. The van der Waals surface area contributed by atoms with Crippen molar-refractivity contribution in [2.75, 3.05) is 13.1 Å². The molecule has 0 aromatic heterocycles. The molecular formula is C23H34N2O5S. The van der Waals surface area contributed by atoms with Gasteiger partial charge in [0.2, 0.25) is 10.0 Å². The molecule has 0 spiro atoms. The van der Waals surface area contributed by atoms with Crippen molar-refractivity contribution in [1.82, 2.24) is 9.62 Å². The molecule has 2 fully saturated rings. The van der Waals surface area contributed by atoms with Crippen LogP contribution in [0.15, 0.2) is 29.2 Å². The van der Waals surface area contributed by atoms with Crippen LogP contribution >= 0.6 is 0 Å². The first-order chi connectivity index (χ1) is 14.4. The summed E-state index contributed by atoms with van der Waals surface area (Å²) in [4.78, 5) is 24.6. The first-order valence-electron chi connectivity index (χ1n) is 11.0. The number of rotatable bonds is 7. The summed E-state index contributed by atoms with van der Waals surface area (Å²) in [6.07, 6.45) is 2.50.